The van der Waals surface area contributed by atoms with E-state index in [2.05, 4.69) is 22.1 Å². The molecule has 1 saturated heterocycles. The first-order valence-electron chi connectivity index (χ1n) is 8.24. The number of carbonyl (C=O) groups is 1. The molecule has 1 aliphatic rings. The molecule has 7 nitrogen and oxygen atoms in total. The largest absolute Gasteiger partial charge is 0.341 e. The van der Waals surface area contributed by atoms with E-state index < -0.39 is 0 Å². The van der Waals surface area contributed by atoms with Crippen molar-refractivity contribution in [3.63, 3.8) is 0 Å². The van der Waals surface area contributed by atoms with Gasteiger partial charge >= 0.3 is 0 Å². The van der Waals surface area contributed by atoms with Gasteiger partial charge in [0.2, 0.25) is 5.91 Å². The molecule has 2 aromatic rings. The maximum atomic E-state index is 12.5. The highest BCUT2D eigenvalue weighted by molar-refractivity contribution is 5.77. The minimum absolute atomic E-state index is 0.0630. The molecule has 1 fully saturated rings. The lowest BCUT2D eigenvalue weighted by Gasteiger charge is -2.22. The summed E-state index contributed by atoms with van der Waals surface area (Å²) >= 11 is 0. The van der Waals surface area contributed by atoms with E-state index in [1.54, 1.807) is 18.2 Å². The van der Waals surface area contributed by atoms with Crippen LogP contribution in [-0.2, 0) is 11.3 Å². The average molecular weight is 329 g/mol. The lowest BCUT2D eigenvalue weighted by Crippen LogP contribution is -2.36. The number of hydrogen-bond donors (Lipinski definition) is 0. The van der Waals surface area contributed by atoms with E-state index >= 15 is 0 Å². The van der Waals surface area contributed by atoms with E-state index in [9.17, 15) is 9.59 Å². The molecule has 0 unspecified atom stereocenters. The molecule has 0 bridgehead atoms. The maximum Gasteiger partial charge on any atom is 0.277 e. The van der Waals surface area contributed by atoms with Crippen LogP contribution in [0.25, 0.3) is 10.9 Å². The molecule has 0 saturated carbocycles. The normalized spacial score (nSPS) is 20.9. The predicted octanol–water partition coefficient (Wildman–Crippen LogP) is 0.590. The number of hydrogen-bond acceptors (Lipinski definition) is 5. The highest BCUT2D eigenvalue weighted by atomic mass is 16.2. The van der Waals surface area contributed by atoms with Gasteiger partial charge in [-0.25, -0.2) is 4.68 Å². The highest BCUT2D eigenvalue weighted by Crippen LogP contribution is 2.20. The van der Waals surface area contributed by atoms with E-state index in [1.165, 1.54) is 4.68 Å². The number of aryl methyl sites for hydroxylation is 1. The lowest BCUT2D eigenvalue weighted by atomic mass is 10.1. The number of amides is 1. The van der Waals surface area contributed by atoms with Crippen molar-refractivity contribution in [2.45, 2.75) is 25.9 Å². The Bertz CT molecular complexity index is 801. The van der Waals surface area contributed by atoms with Crippen molar-refractivity contribution in [3.8, 4) is 0 Å². The summed E-state index contributed by atoms with van der Waals surface area (Å²) in [6, 6.07) is 7.49. The second kappa shape index (κ2) is 6.68. The smallest absolute Gasteiger partial charge is 0.277 e. The summed E-state index contributed by atoms with van der Waals surface area (Å²) in [5.41, 5.74) is 0.377. The van der Waals surface area contributed by atoms with E-state index in [0.29, 0.717) is 22.9 Å². The molecule has 1 aromatic carbocycles. The monoisotopic (exact) mass is 329 g/mol. The fourth-order valence-corrected chi connectivity index (χ4v) is 3.35. The lowest BCUT2D eigenvalue weighted by molar-refractivity contribution is -0.130. The summed E-state index contributed by atoms with van der Waals surface area (Å²) in [5.74, 6) is 0.514. The molecule has 0 N–H and O–H groups in total. The van der Waals surface area contributed by atoms with Gasteiger partial charge in [0.25, 0.3) is 5.56 Å². The quantitative estimate of drug-likeness (QED) is 0.821. The number of aromatic nitrogens is 3. The second-order valence-electron chi connectivity index (χ2n) is 6.69. The Hall–Kier alpha value is -2.28. The van der Waals surface area contributed by atoms with Crippen LogP contribution >= 0.6 is 0 Å². The Kier molecular flexibility index (Phi) is 4.62. The van der Waals surface area contributed by atoms with Gasteiger partial charge in [-0.3, -0.25) is 9.59 Å². The van der Waals surface area contributed by atoms with Crippen LogP contribution in [0.4, 0.5) is 0 Å². The van der Waals surface area contributed by atoms with Crippen molar-refractivity contribution in [3.05, 3.63) is 34.6 Å². The number of nitrogens with zero attached hydrogens (tertiary/aromatic N) is 5. The third-order valence-electron chi connectivity index (χ3n) is 4.76. The number of likely N-dealkylation sites (tertiary alicyclic amines) is 1. The van der Waals surface area contributed by atoms with Gasteiger partial charge in [-0.05, 0) is 32.1 Å². The molecule has 3 rings (SSSR count). The summed E-state index contributed by atoms with van der Waals surface area (Å²) in [4.78, 5) is 28.9. The Balaban J connectivity index is 1.67. The number of carbonyl (C=O) groups excluding carboxylic acids is 1. The van der Waals surface area contributed by atoms with E-state index in [0.717, 1.165) is 13.1 Å². The molecule has 128 valence electrons. The second-order valence-corrected chi connectivity index (χ2v) is 6.69. The van der Waals surface area contributed by atoms with Gasteiger partial charge in [0.05, 0.1) is 11.9 Å². The molecule has 1 aliphatic heterocycles. The van der Waals surface area contributed by atoms with Crippen molar-refractivity contribution in [2.24, 2.45) is 5.92 Å². The van der Waals surface area contributed by atoms with Crippen LogP contribution in [0.5, 0.6) is 0 Å². The zero-order chi connectivity index (χ0) is 17.3. The molecule has 2 heterocycles. The van der Waals surface area contributed by atoms with Crippen LogP contribution in [-0.4, -0.2) is 63.9 Å². The van der Waals surface area contributed by atoms with Crippen LogP contribution in [0, 0.1) is 5.92 Å². The van der Waals surface area contributed by atoms with Crippen LogP contribution in [0.2, 0.25) is 0 Å². The third-order valence-corrected chi connectivity index (χ3v) is 4.76. The van der Waals surface area contributed by atoms with Crippen LogP contribution in [0.1, 0.15) is 13.3 Å². The standard InChI is InChI=1S/C17H23N5O2/c1-12-10-21(11-15(12)20(2)3)16(23)8-9-22-17(24)13-6-4-5-7-14(13)18-19-22/h4-7,12,15H,8-11H2,1-3H3/t12-,15-/m0/s1. The van der Waals surface area contributed by atoms with Gasteiger partial charge < -0.3 is 9.80 Å². The summed E-state index contributed by atoms with van der Waals surface area (Å²) < 4.78 is 1.28. The van der Waals surface area contributed by atoms with Gasteiger partial charge in [0.15, 0.2) is 0 Å². The minimum atomic E-state index is -0.200. The predicted molar refractivity (Wildman–Crippen MR) is 91.6 cm³/mol. The van der Waals surface area contributed by atoms with Gasteiger partial charge in [0, 0.05) is 25.6 Å². The van der Waals surface area contributed by atoms with E-state index in [-0.39, 0.29) is 24.4 Å². The average Bonchev–Trinajstić information content (AvgIpc) is 2.96. The number of benzene rings is 1. The van der Waals surface area contributed by atoms with Crippen LogP contribution in [0.3, 0.4) is 0 Å². The molecular weight excluding hydrogens is 306 g/mol. The van der Waals surface area contributed by atoms with Crippen molar-refractivity contribution < 1.29 is 4.79 Å². The minimum Gasteiger partial charge on any atom is -0.341 e. The Labute approximate surface area is 140 Å². The molecule has 24 heavy (non-hydrogen) atoms. The van der Waals surface area contributed by atoms with E-state index in [1.807, 2.05) is 25.1 Å². The Morgan fingerprint density at radius 2 is 2.04 bits per heavy atom. The first-order chi connectivity index (χ1) is 11.5. The third kappa shape index (κ3) is 3.17. The summed E-state index contributed by atoms with van der Waals surface area (Å²) in [6.07, 6.45) is 0.264. The summed E-state index contributed by atoms with van der Waals surface area (Å²) in [5, 5.41) is 8.51. The number of rotatable bonds is 4. The molecule has 0 spiro atoms. The van der Waals surface area contributed by atoms with Crippen LogP contribution in [0.15, 0.2) is 29.1 Å². The van der Waals surface area contributed by atoms with Crippen molar-refractivity contribution in [1.82, 2.24) is 24.8 Å². The van der Waals surface area contributed by atoms with Crippen molar-refractivity contribution in [1.29, 1.82) is 0 Å². The number of likely N-dealkylation sites (N-methyl/N-ethyl adjacent to an activating group) is 1. The van der Waals surface area contributed by atoms with Crippen LogP contribution < -0.4 is 5.56 Å². The first-order valence-corrected chi connectivity index (χ1v) is 8.24. The molecular formula is C17H23N5O2. The summed E-state index contributed by atoms with van der Waals surface area (Å²) in [7, 11) is 4.08. The van der Waals surface area contributed by atoms with Gasteiger partial charge in [-0.15, -0.1) is 5.10 Å². The number of fused-ring (bicyclic) bond motifs is 1. The van der Waals surface area contributed by atoms with Crippen molar-refractivity contribution >= 4 is 16.8 Å². The Morgan fingerprint density at radius 3 is 2.75 bits per heavy atom. The first kappa shape index (κ1) is 16.6. The highest BCUT2D eigenvalue weighted by Gasteiger charge is 2.33. The summed E-state index contributed by atoms with van der Waals surface area (Å²) in [6.45, 7) is 3.93. The maximum absolute atomic E-state index is 12.5. The van der Waals surface area contributed by atoms with Gasteiger partial charge in [-0.1, -0.05) is 24.3 Å². The Morgan fingerprint density at radius 1 is 1.29 bits per heavy atom. The van der Waals surface area contributed by atoms with Gasteiger partial charge in [-0.2, -0.15) is 0 Å². The molecule has 0 aliphatic carbocycles. The molecule has 1 aromatic heterocycles. The van der Waals surface area contributed by atoms with E-state index in [4.69, 9.17) is 0 Å². The zero-order valence-electron chi connectivity index (χ0n) is 14.3. The molecule has 0 radical (unpaired) electrons. The molecule has 7 heteroatoms. The fourth-order valence-electron chi connectivity index (χ4n) is 3.35. The molecule has 2 atom stereocenters. The van der Waals surface area contributed by atoms with Crippen molar-refractivity contribution in [2.75, 3.05) is 27.2 Å². The topological polar surface area (TPSA) is 71.3 Å². The zero-order valence-corrected chi connectivity index (χ0v) is 14.3. The van der Waals surface area contributed by atoms with Gasteiger partial charge in [0.1, 0.15) is 5.52 Å². The fraction of sp³-hybridized carbons (Fsp3) is 0.529. The SMILES string of the molecule is C[C@H]1CN(C(=O)CCn2nnc3ccccc3c2=O)C[C@@H]1N(C)C. The molecule has 1 amide bonds.